The first-order valence-corrected chi connectivity index (χ1v) is 8.40. The van der Waals surface area contributed by atoms with E-state index in [4.69, 9.17) is 4.74 Å². The molecular weight excluding hydrogens is 294 g/mol. The molecule has 1 amide bonds. The molecule has 2 fully saturated rings. The van der Waals surface area contributed by atoms with Crippen LogP contribution in [0.1, 0.15) is 27.2 Å². The molecule has 23 heavy (non-hydrogen) atoms. The quantitative estimate of drug-likeness (QED) is 0.591. The summed E-state index contributed by atoms with van der Waals surface area (Å²) in [6.07, 6.45) is 0.989. The fourth-order valence-corrected chi connectivity index (χ4v) is 2.87. The minimum atomic E-state index is -0.443. The maximum Gasteiger partial charge on any atom is 0.410 e. The van der Waals surface area contributed by atoms with E-state index in [9.17, 15) is 4.79 Å². The molecule has 2 N–H and O–H groups in total. The number of hydrogen-bond acceptors (Lipinski definition) is 4. The predicted molar refractivity (Wildman–Crippen MR) is 91.7 cm³/mol. The van der Waals surface area contributed by atoms with Crippen molar-refractivity contribution in [1.29, 1.82) is 0 Å². The lowest BCUT2D eigenvalue weighted by atomic mass is 10.1. The lowest BCUT2D eigenvalue weighted by molar-refractivity contribution is 0.00701. The van der Waals surface area contributed by atoms with Gasteiger partial charge in [-0.15, -0.1) is 0 Å². The molecule has 2 aliphatic heterocycles. The maximum absolute atomic E-state index is 11.9. The van der Waals surface area contributed by atoms with Crippen molar-refractivity contribution >= 4 is 12.1 Å². The highest BCUT2D eigenvalue weighted by Crippen LogP contribution is 2.15. The summed E-state index contributed by atoms with van der Waals surface area (Å²) in [5.41, 5.74) is -0.443. The third-order valence-corrected chi connectivity index (χ3v) is 4.14. The molecule has 2 aliphatic rings. The Bertz CT molecular complexity index is 440. The Hall–Kier alpha value is -1.50. The zero-order valence-electron chi connectivity index (χ0n) is 15.1. The van der Waals surface area contributed by atoms with Crippen LogP contribution in [0.5, 0.6) is 0 Å². The van der Waals surface area contributed by atoms with E-state index < -0.39 is 5.60 Å². The SMILES string of the molecule is CN=C(NCC1CCN(C)C1)NC1CN(C(=O)OC(C)(C)C)C1. The highest BCUT2D eigenvalue weighted by Gasteiger charge is 2.34. The normalized spacial score (nSPS) is 23.6. The molecule has 0 aromatic rings. The van der Waals surface area contributed by atoms with Gasteiger partial charge in [-0.2, -0.15) is 0 Å². The Morgan fingerprint density at radius 3 is 2.52 bits per heavy atom. The average molecular weight is 325 g/mol. The molecule has 1 atom stereocenters. The van der Waals surface area contributed by atoms with Crippen LogP contribution in [-0.4, -0.2) is 80.3 Å². The summed E-state index contributed by atoms with van der Waals surface area (Å²) in [6.45, 7) is 10.2. The Labute approximate surface area is 139 Å². The second-order valence-corrected chi connectivity index (χ2v) is 7.60. The minimum Gasteiger partial charge on any atom is -0.444 e. The third kappa shape index (κ3) is 5.57. The number of nitrogens with one attached hydrogen (secondary N) is 2. The molecule has 0 radical (unpaired) electrons. The van der Waals surface area contributed by atoms with Gasteiger partial charge in [0.25, 0.3) is 0 Å². The molecule has 2 saturated heterocycles. The molecule has 0 saturated carbocycles. The zero-order valence-corrected chi connectivity index (χ0v) is 15.1. The van der Waals surface area contributed by atoms with E-state index in [2.05, 4.69) is 27.6 Å². The van der Waals surface area contributed by atoms with Crippen molar-refractivity contribution in [3.63, 3.8) is 0 Å². The number of hydrogen-bond donors (Lipinski definition) is 2. The van der Waals surface area contributed by atoms with Gasteiger partial charge in [-0.25, -0.2) is 4.79 Å². The second-order valence-electron chi connectivity index (χ2n) is 7.60. The summed E-state index contributed by atoms with van der Waals surface area (Å²) in [6, 6.07) is 0.236. The summed E-state index contributed by atoms with van der Waals surface area (Å²) >= 11 is 0. The molecule has 0 aliphatic carbocycles. The van der Waals surface area contributed by atoms with E-state index in [0.29, 0.717) is 19.0 Å². The van der Waals surface area contributed by atoms with E-state index >= 15 is 0 Å². The molecule has 1 unspecified atom stereocenters. The van der Waals surface area contributed by atoms with Gasteiger partial charge in [-0.3, -0.25) is 4.99 Å². The van der Waals surface area contributed by atoms with Crippen LogP contribution in [0.4, 0.5) is 4.79 Å². The summed E-state index contributed by atoms with van der Waals surface area (Å²) in [5, 5.41) is 6.75. The smallest absolute Gasteiger partial charge is 0.410 e. The van der Waals surface area contributed by atoms with Crippen molar-refractivity contribution < 1.29 is 9.53 Å². The molecule has 0 bridgehead atoms. The number of amides is 1. The van der Waals surface area contributed by atoms with Crippen molar-refractivity contribution in [2.24, 2.45) is 10.9 Å². The first kappa shape index (κ1) is 17.8. The number of likely N-dealkylation sites (tertiary alicyclic amines) is 2. The average Bonchev–Trinajstić information content (AvgIpc) is 2.80. The molecule has 7 nitrogen and oxygen atoms in total. The van der Waals surface area contributed by atoms with Gasteiger partial charge in [0, 0.05) is 33.2 Å². The van der Waals surface area contributed by atoms with E-state index in [-0.39, 0.29) is 12.1 Å². The van der Waals surface area contributed by atoms with E-state index in [0.717, 1.165) is 19.0 Å². The molecule has 2 heterocycles. The fraction of sp³-hybridized carbons (Fsp3) is 0.875. The van der Waals surface area contributed by atoms with Crippen LogP contribution in [0, 0.1) is 5.92 Å². The number of carbonyl (C=O) groups is 1. The van der Waals surface area contributed by atoms with Crippen LogP contribution in [0.3, 0.4) is 0 Å². The lowest BCUT2D eigenvalue weighted by Crippen LogP contribution is -2.63. The van der Waals surface area contributed by atoms with E-state index in [1.165, 1.54) is 13.0 Å². The van der Waals surface area contributed by atoms with E-state index in [1.807, 2.05) is 20.8 Å². The number of rotatable bonds is 3. The van der Waals surface area contributed by atoms with Gasteiger partial charge in [0.2, 0.25) is 0 Å². The van der Waals surface area contributed by atoms with Crippen molar-refractivity contribution in [1.82, 2.24) is 20.4 Å². The summed E-state index contributed by atoms with van der Waals surface area (Å²) in [4.78, 5) is 20.2. The van der Waals surface area contributed by atoms with Gasteiger partial charge < -0.3 is 25.2 Å². The largest absolute Gasteiger partial charge is 0.444 e. The van der Waals surface area contributed by atoms with Crippen LogP contribution < -0.4 is 10.6 Å². The van der Waals surface area contributed by atoms with E-state index in [1.54, 1.807) is 11.9 Å². The lowest BCUT2D eigenvalue weighted by Gasteiger charge is -2.40. The van der Waals surface area contributed by atoms with Crippen molar-refractivity contribution in [2.75, 3.05) is 46.8 Å². The number of nitrogens with zero attached hydrogens (tertiary/aromatic N) is 3. The summed E-state index contributed by atoms with van der Waals surface area (Å²) < 4.78 is 5.36. The Balaban J connectivity index is 1.66. The first-order chi connectivity index (χ1) is 10.8. The fourth-order valence-electron chi connectivity index (χ4n) is 2.87. The topological polar surface area (TPSA) is 69.2 Å². The minimum absolute atomic E-state index is 0.236. The van der Waals surface area contributed by atoms with Crippen LogP contribution >= 0.6 is 0 Å². The predicted octanol–water partition coefficient (Wildman–Crippen LogP) is 0.722. The van der Waals surface area contributed by atoms with Crippen LogP contribution in [0.25, 0.3) is 0 Å². The van der Waals surface area contributed by atoms with Gasteiger partial charge in [-0.05, 0) is 46.7 Å². The Morgan fingerprint density at radius 1 is 1.30 bits per heavy atom. The highest BCUT2D eigenvalue weighted by atomic mass is 16.6. The highest BCUT2D eigenvalue weighted by molar-refractivity contribution is 5.80. The zero-order chi connectivity index (χ0) is 17.0. The van der Waals surface area contributed by atoms with Crippen LogP contribution in [-0.2, 0) is 4.74 Å². The van der Waals surface area contributed by atoms with Gasteiger partial charge in [0.15, 0.2) is 5.96 Å². The molecular formula is C16H31N5O2. The first-order valence-electron chi connectivity index (χ1n) is 8.40. The van der Waals surface area contributed by atoms with Crippen molar-refractivity contribution in [3.8, 4) is 0 Å². The van der Waals surface area contributed by atoms with Gasteiger partial charge in [-0.1, -0.05) is 0 Å². The molecule has 0 aromatic heterocycles. The monoisotopic (exact) mass is 325 g/mol. The Morgan fingerprint density at radius 2 is 2.00 bits per heavy atom. The van der Waals surface area contributed by atoms with Gasteiger partial charge in [0.05, 0.1) is 6.04 Å². The van der Waals surface area contributed by atoms with Crippen LogP contribution in [0.15, 0.2) is 4.99 Å². The number of ether oxygens (including phenoxy) is 1. The third-order valence-electron chi connectivity index (χ3n) is 4.14. The summed E-state index contributed by atoms with van der Waals surface area (Å²) in [7, 11) is 3.94. The molecule has 2 rings (SSSR count). The van der Waals surface area contributed by atoms with Crippen LogP contribution in [0.2, 0.25) is 0 Å². The maximum atomic E-state index is 11.9. The standard InChI is InChI=1S/C16H31N5O2/c1-16(2,3)23-15(22)21-10-13(11-21)19-14(17-4)18-8-12-6-7-20(5)9-12/h12-13H,6-11H2,1-5H3,(H2,17,18,19). The molecule has 7 heteroatoms. The molecule has 132 valence electrons. The van der Waals surface area contributed by atoms with Gasteiger partial charge >= 0.3 is 6.09 Å². The number of aliphatic imine (C=N–C) groups is 1. The molecule has 0 spiro atoms. The van der Waals surface area contributed by atoms with Crippen molar-refractivity contribution in [3.05, 3.63) is 0 Å². The molecule has 0 aromatic carbocycles. The second kappa shape index (κ2) is 7.38. The summed E-state index contributed by atoms with van der Waals surface area (Å²) in [5.74, 6) is 1.49. The van der Waals surface area contributed by atoms with Gasteiger partial charge in [0.1, 0.15) is 5.60 Å². The number of guanidine groups is 1. The number of carbonyl (C=O) groups excluding carboxylic acids is 1. The van der Waals surface area contributed by atoms with Crippen molar-refractivity contribution in [2.45, 2.75) is 38.8 Å². The Kier molecular flexibility index (Phi) is 5.73.